The Morgan fingerprint density at radius 1 is 0.700 bits per heavy atom. The van der Waals surface area contributed by atoms with E-state index >= 15 is 0 Å². The van der Waals surface area contributed by atoms with Crippen molar-refractivity contribution < 1.29 is 28.5 Å². The van der Waals surface area contributed by atoms with Crippen molar-refractivity contribution in [2.45, 2.75) is 19.8 Å². The molecule has 0 aromatic carbocycles. The van der Waals surface area contributed by atoms with Crippen molar-refractivity contribution in [2.75, 3.05) is 66.6 Å². The minimum atomic E-state index is 0.144. The van der Waals surface area contributed by atoms with E-state index in [0.717, 1.165) is 6.42 Å². The van der Waals surface area contributed by atoms with Crippen molar-refractivity contribution in [1.82, 2.24) is 0 Å². The molecule has 0 amide bonds. The second-order valence-electron chi connectivity index (χ2n) is 4.25. The standard InChI is InChI=1S/C14H28O6/c1-14(15)4-7-19-11-13-20-12-10-18-6-3-5-17-9-8-16-2/h3-13H2,1-2H3. The SMILES string of the molecule is COCCOCCCOCCOCCOCCC(C)=O. The number of ketones is 1. The molecule has 0 spiro atoms. The zero-order valence-corrected chi connectivity index (χ0v) is 12.7. The number of methoxy groups -OCH3 is 1. The summed E-state index contributed by atoms with van der Waals surface area (Å²) in [5.74, 6) is 0.144. The third-order valence-electron chi connectivity index (χ3n) is 2.35. The summed E-state index contributed by atoms with van der Waals surface area (Å²) in [5.41, 5.74) is 0. The van der Waals surface area contributed by atoms with Gasteiger partial charge in [-0.3, -0.25) is 4.79 Å². The van der Waals surface area contributed by atoms with Crippen molar-refractivity contribution in [3.8, 4) is 0 Å². The second-order valence-corrected chi connectivity index (χ2v) is 4.25. The van der Waals surface area contributed by atoms with Crippen LogP contribution in [0, 0.1) is 0 Å². The van der Waals surface area contributed by atoms with Crippen LogP contribution in [0.15, 0.2) is 0 Å². The molecule has 0 N–H and O–H groups in total. The van der Waals surface area contributed by atoms with E-state index in [-0.39, 0.29) is 5.78 Å². The number of rotatable bonds is 16. The Labute approximate surface area is 121 Å². The van der Waals surface area contributed by atoms with Crippen LogP contribution in [0.25, 0.3) is 0 Å². The fraction of sp³-hybridized carbons (Fsp3) is 0.929. The third-order valence-corrected chi connectivity index (χ3v) is 2.35. The first kappa shape index (κ1) is 19.5. The van der Waals surface area contributed by atoms with Crippen LogP contribution in [0.4, 0.5) is 0 Å². The van der Waals surface area contributed by atoms with Gasteiger partial charge >= 0.3 is 0 Å². The van der Waals surface area contributed by atoms with Gasteiger partial charge in [-0.2, -0.15) is 0 Å². The lowest BCUT2D eigenvalue weighted by molar-refractivity contribution is -0.118. The monoisotopic (exact) mass is 292 g/mol. The number of Topliss-reactive ketones (excluding diaryl/α,β-unsaturated/α-hetero) is 1. The van der Waals surface area contributed by atoms with Gasteiger partial charge in [0, 0.05) is 26.7 Å². The minimum Gasteiger partial charge on any atom is -0.382 e. The highest BCUT2D eigenvalue weighted by Crippen LogP contribution is 1.88. The van der Waals surface area contributed by atoms with E-state index in [1.54, 1.807) is 14.0 Å². The van der Waals surface area contributed by atoms with Crippen LogP contribution in [0.2, 0.25) is 0 Å². The highest BCUT2D eigenvalue weighted by atomic mass is 16.5. The summed E-state index contributed by atoms with van der Waals surface area (Å²) in [4.78, 5) is 10.6. The van der Waals surface area contributed by atoms with Gasteiger partial charge in [0.2, 0.25) is 0 Å². The molecule has 0 fully saturated rings. The molecule has 6 heteroatoms. The summed E-state index contributed by atoms with van der Waals surface area (Å²) in [6, 6.07) is 0. The summed E-state index contributed by atoms with van der Waals surface area (Å²) in [7, 11) is 1.65. The minimum absolute atomic E-state index is 0.144. The molecule has 0 aromatic rings. The Bertz CT molecular complexity index is 210. The maximum atomic E-state index is 10.6. The van der Waals surface area contributed by atoms with Crippen LogP contribution in [0.3, 0.4) is 0 Å². The fourth-order valence-corrected chi connectivity index (χ4v) is 1.27. The smallest absolute Gasteiger partial charge is 0.132 e. The molecule has 0 unspecified atom stereocenters. The van der Waals surface area contributed by atoms with E-state index in [4.69, 9.17) is 23.7 Å². The lowest BCUT2D eigenvalue weighted by Gasteiger charge is -2.07. The van der Waals surface area contributed by atoms with Gasteiger partial charge in [0.05, 0.1) is 46.2 Å². The number of carbonyl (C=O) groups is 1. The van der Waals surface area contributed by atoms with Crippen LogP contribution in [0.5, 0.6) is 0 Å². The predicted molar refractivity (Wildman–Crippen MR) is 75.1 cm³/mol. The van der Waals surface area contributed by atoms with E-state index in [0.29, 0.717) is 65.9 Å². The Morgan fingerprint density at radius 3 is 1.65 bits per heavy atom. The second kappa shape index (κ2) is 16.5. The Morgan fingerprint density at radius 2 is 1.15 bits per heavy atom. The topological polar surface area (TPSA) is 63.2 Å². The van der Waals surface area contributed by atoms with Gasteiger partial charge in [-0.25, -0.2) is 0 Å². The zero-order chi connectivity index (χ0) is 14.9. The fourth-order valence-electron chi connectivity index (χ4n) is 1.27. The number of hydrogen-bond donors (Lipinski definition) is 0. The summed E-state index contributed by atoms with van der Waals surface area (Å²) < 4.78 is 26.1. The highest BCUT2D eigenvalue weighted by Gasteiger charge is 1.94. The van der Waals surface area contributed by atoms with Gasteiger partial charge in [-0.05, 0) is 13.3 Å². The summed E-state index contributed by atoms with van der Waals surface area (Å²) >= 11 is 0. The van der Waals surface area contributed by atoms with Crippen molar-refractivity contribution in [3.63, 3.8) is 0 Å². The maximum Gasteiger partial charge on any atom is 0.132 e. The van der Waals surface area contributed by atoms with E-state index in [2.05, 4.69) is 0 Å². The average molecular weight is 292 g/mol. The average Bonchev–Trinajstić information content (AvgIpc) is 2.43. The number of hydrogen-bond acceptors (Lipinski definition) is 6. The van der Waals surface area contributed by atoms with Crippen LogP contribution in [-0.2, 0) is 28.5 Å². The first-order valence-electron chi connectivity index (χ1n) is 7.06. The molecular formula is C14H28O6. The van der Waals surface area contributed by atoms with Crippen LogP contribution < -0.4 is 0 Å². The van der Waals surface area contributed by atoms with Gasteiger partial charge in [0.25, 0.3) is 0 Å². The van der Waals surface area contributed by atoms with Gasteiger partial charge in [-0.1, -0.05) is 0 Å². The van der Waals surface area contributed by atoms with Gasteiger partial charge < -0.3 is 23.7 Å². The molecule has 0 saturated carbocycles. The lowest BCUT2D eigenvalue weighted by atomic mass is 10.3. The molecule has 0 heterocycles. The van der Waals surface area contributed by atoms with Crippen LogP contribution in [-0.4, -0.2) is 72.4 Å². The summed E-state index contributed by atoms with van der Waals surface area (Å²) in [6.45, 7) is 6.82. The molecular weight excluding hydrogens is 264 g/mol. The first-order chi connectivity index (χ1) is 9.77. The molecule has 20 heavy (non-hydrogen) atoms. The molecule has 0 saturated heterocycles. The quantitative estimate of drug-likeness (QED) is 0.397. The number of ether oxygens (including phenoxy) is 5. The molecule has 0 rings (SSSR count). The molecule has 0 aromatic heterocycles. The molecule has 0 atom stereocenters. The van der Waals surface area contributed by atoms with Crippen molar-refractivity contribution >= 4 is 5.78 Å². The first-order valence-corrected chi connectivity index (χ1v) is 7.06. The Kier molecular flexibility index (Phi) is 16.1. The molecule has 0 aliphatic heterocycles. The lowest BCUT2D eigenvalue weighted by Crippen LogP contribution is -2.11. The van der Waals surface area contributed by atoms with Crippen molar-refractivity contribution in [2.24, 2.45) is 0 Å². The van der Waals surface area contributed by atoms with E-state index < -0.39 is 0 Å². The Hall–Kier alpha value is -0.530. The van der Waals surface area contributed by atoms with E-state index in [1.165, 1.54) is 0 Å². The normalized spacial score (nSPS) is 10.9. The van der Waals surface area contributed by atoms with Crippen LogP contribution in [0.1, 0.15) is 19.8 Å². The molecule has 0 bridgehead atoms. The van der Waals surface area contributed by atoms with Crippen LogP contribution >= 0.6 is 0 Å². The molecule has 0 aliphatic carbocycles. The van der Waals surface area contributed by atoms with Gasteiger partial charge in [-0.15, -0.1) is 0 Å². The predicted octanol–water partition coefficient (Wildman–Crippen LogP) is 1.07. The summed E-state index contributed by atoms with van der Waals surface area (Å²) in [6.07, 6.45) is 1.34. The van der Waals surface area contributed by atoms with Crippen molar-refractivity contribution in [3.05, 3.63) is 0 Å². The molecule has 0 aliphatic rings. The maximum absolute atomic E-state index is 10.6. The highest BCUT2D eigenvalue weighted by molar-refractivity contribution is 5.75. The zero-order valence-electron chi connectivity index (χ0n) is 12.7. The number of carbonyl (C=O) groups excluding carboxylic acids is 1. The third kappa shape index (κ3) is 17.5. The molecule has 0 radical (unpaired) electrons. The van der Waals surface area contributed by atoms with E-state index in [1.807, 2.05) is 0 Å². The van der Waals surface area contributed by atoms with Crippen molar-refractivity contribution in [1.29, 1.82) is 0 Å². The summed E-state index contributed by atoms with van der Waals surface area (Å²) in [5, 5.41) is 0. The Balaban J connectivity index is 2.94. The molecule has 120 valence electrons. The largest absolute Gasteiger partial charge is 0.382 e. The van der Waals surface area contributed by atoms with Gasteiger partial charge in [0.15, 0.2) is 0 Å². The van der Waals surface area contributed by atoms with Gasteiger partial charge in [0.1, 0.15) is 5.78 Å². The van der Waals surface area contributed by atoms with E-state index in [9.17, 15) is 4.79 Å². The molecule has 6 nitrogen and oxygen atoms in total.